The maximum absolute atomic E-state index is 2.29. The Bertz CT molecular complexity index is 608. The van der Waals surface area contributed by atoms with Gasteiger partial charge in [-0.2, -0.15) is 0 Å². The van der Waals surface area contributed by atoms with E-state index in [0.29, 0.717) is 0 Å². The Morgan fingerprint density at radius 3 is 1.22 bits per heavy atom. The fourth-order valence-corrected chi connectivity index (χ4v) is 4.20. The van der Waals surface area contributed by atoms with Gasteiger partial charge in [0.15, 0.2) is 0 Å². The van der Waals surface area contributed by atoms with E-state index < -0.39 is 0 Å². The first-order valence-electron chi connectivity index (χ1n) is 8.34. The Balaban J connectivity index is 2.25. The average Bonchev–Trinajstić information content (AvgIpc) is 2.65. The Kier molecular flexibility index (Phi) is 5.57. The monoisotopic (exact) mass is 409 g/mol. The van der Waals surface area contributed by atoms with Crippen molar-refractivity contribution in [3.63, 3.8) is 0 Å². The Morgan fingerprint density at radius 1 is 0.565 bits per heavy atom. The van der Waals surface area contributed by atoms with Gasteiger partial charge in [0.25, 0.3) is 0 Å². The predicted octanol–water partition coefficient (Wildman–Crippen LogP) is 4.58. The minimum absolute atomic E-state index is 0.0425. The summed E-state index contributed by atoms with van der Waals surface area (Å²) >= 11 is 1.05. The molecule has 0 saturated carbocycles. The van der Waals surface area contributed by atoms with E-state index in [0.717, 1.165) is 23.0 Å². The van der Waals surface area contributed by atoms with Gasteiger partial charge in [0.1, 0.15) is 0 Å². The van der Waals surface area contributed by atoms with E-state index in [-0.39, 0.29) is 5.41 Å². The molecule has 116 valence electrons. The summed E-state index contributed by atoms with van der Waals surface area (Å²) in [6.07, 6.45) is 2.45. The predicted molar refractivity (Wildman–Crippen MR) is 103 cm³/mol. The van der Waals surface area contributed by atoms with Gasteiger partial charge in [0.2, 0.25) is 0 Å². The van der Waals surface area contributed by atoms with Gasteiger partial charge in [-0.1, -0.05) is 0 Å². The van der Waals surface area contributed by atoms with Crippen LogP contribution < -0.4 is 0 Å². The van der Waals surface area contributed by atoms with Crippen LogP contribution in [0.4, 0.5) is 0 Å². The van der Waals surface area contributed by atoms with E-state index in [4.69, 9.17) is 0 Å². The van der Waals surface area contributed by atoms with Crippen molar-refractivity contribution in [3.8, 4) is 0 Å². The molecule has 0 aliphatic carbocycles. The van der Waals surface area contributed by atoms with Crippen molar-refractivity contribution < 1.29 is 0 Å². The molecule has 0 bridgehead atoms. The molecule has 3 aromatic rings. The molecule has 3 rings (SSSR count). The fraction of sp³-hybridized carbons (Fsp3) is 0.182. The van der Waals surface area contributed by atoms with Gasteiger partial charge >= 0.3 is 153 Å². The molecule has 0 aliphatic rings. The van der Waals surface area contributed by atoms with Crippen LogP contribution in [0.3, 0.4) is 0 Å². The SMILES string of the molecule is [SbH3+][CH2]CCC(c1ccccc1)(c1ccccc1)c1ccccc1. The molecule has 0 aromatic heterocycles. The van der Waals surface area contributed by atoms with Crippen LogP contribution in [0.25, 0.3) is 0 Å². The second-order valence-electron chi connectivity index (χ2n) is 5.96. The summed E-state index contributed by atoms with van der Waals surface area (Å²) in [5.41, 5.74) is 4.16. The quantitative estimate of drug-likeness (QED) is 0.412. The van der Waals surface area contributed by atoms with Gasteiger partial charge in [0.05, 0.1) is 0 Å². The van der Waals surface area contributed by atoms with E-state index in [1.807, 2.05) is 0 Å². The first-order chi connectivity index (χ1) is 11.4. The summed E-state index contributed by atoms with van der Waals surface area (Å²) < 4.78 is 1.37. The normalized spacial score (nSPS) is 11.5. The van der Waals surface area contributed by atoms with E-state index >= 15 is 0 Å². The summed E-state index contributed by atoms with van der Waals surface area (Å²) in [6.45, 7) is 0. The molecule has 0 saturated heterocycles. The first kappa shape index (κ1) is 16.3. The van der Waals surface area contributed by atoms with Crippen LogP contribution in [0.15, 0.2) is 91.0 Å². The molecular formula is C22H24Sb+. The van der Waals surface area contributed by atoms with Crippen LogP contribution in [0, 0.1) is 0 Å². The third-order valence-corrected chi connectivity index (χ3v) is 6.03. The zero-order chi connectivity index (χ0) is 16.0. The molecule has 0 heterocycles. The van der Waals surface area contributed by atoms with Gasteiger partial charge in [-0.05, 0) is 0 Å². The van der Waals surface area contributed by atoms with Crippen LogP contribution >= 0.6 is 0 Å². The van der Waals surface area contributed by atoms with Crippen LogP contribution in [0.2, 0.25) is 4.37 Å². The van der Waals surface area contributed by atoms with Crippen LogP contribution in [0.5, 0.6) is 0 Å². The number of hydrogen-bond donors (Lipinski definition) is 0. The van der Waals surface area contributed by atoms with Gasteiger partial charge in [-0.15, -0.1) is 0 Å². The van der Waals surface area contributed by atoms with E-state index in [1.54, 1.807) is 0 Å². The first-order valence-corrected chi connectivity index (χ1v) is 11.2. The summed E-state index contributed by atoms with van der Waals surface area (Å²) in [4.78, 5) is 0. The Morgan fingerprint density at radius 2 is 0.913 bits per heavy atom. The molecule has 0 radical (unpaired) electrons. The van der Waals surface area contributed by atoms with Crippen molar-refractivity contribution in [1.29, 1.82) is 0 Å². The molecule has 0 amide bonds. The van der Waals surface area contributed by atoms with Crippen molar-refractivity contribution in [1.82, 2.24) is 0 Å². The molecule has 0 atom stereocenters. The third-order valence-electron chi connectivity index (χ3n) is 4.60. The third kappa shape index (κ3) is 3.38. The molecule has 0 nitrogen and oxygen atoms in total. The number of hydrogen-bond acceptors (Lipinski definition) is 0. The van der Waals surface area contributed by atoms with E-state index in [9.17, 15) is 0 Å². The van der Waals surface area contributed by atoms with Crippen molar-refractivity contribution in [2.75, 3.05) is 0 Å². The summed E-state index contributed by atoms with van der Waals surface area (Å²) in [7, 11) is 0. The van der Waals surface area contributed by atoms with E-state index in [2.05, 4.69) is 91.0 Å². The van der Waals surface area contributed by atoms with Crippen molar-refractivity contribution >= 4 is 23.0 Å². The molecule has 0 unspecified atom stereocenters. The van der Waals surface area contributed by atoms with Crippen molar-refractivity contribution in [2.45, 2.75) is 22.6 Å². The van der Waals surface area contributed by atoms with Crippen molar-refractivity contribution in [3.05, 3.63) is 108 Å². The van der Waals surface area contributed by atoms with Gasteiger partial charge < -0.3 is 0 Å². The minimum atomic E-state index is -0.0425. The number of benzene rings is 3. The average molecular weight is 410 g/mol. The fourth-order valence-electron chi connectivity index (χ4n) is 3.49. The molecule has 0 aliphatic heterocycles. The molecule has 0 fully saturated rings. The van der Waals surface area contributed by atoms with Gasteiger partial charge in [-0.3, -0.25) is 0 Å². The maximum atomic E-state index is 2.29. The topological polar surface area (TPSA) is 0 Å². The van der Waals surface area contributed by atoms with Gasteiger partial charge in [0, 0.05) is 0 Å². The van der Waals surface area contributed by atoms with Gasteiger partial charge in [-0.25, -0.2) is 0 Å². The second kappa shape index (κ2) is 7.84. The summed E-state index contributed by atoms with van der Waals surface area (Å²) in [5, 5.41) is 0. The zero-order valence-electron chi connectivity index (χ0n) is 13.5. The zero-order valence-corrected chi connectivity index (χ0v) is 17.5. The second-order valence-corrected chi connectivity index (χ2v) is 7.98. The summed E-state index contributed by atoms with van der Waals surface area (Å²) in [5.74, 6) is 0. The number of rotatable bonds is 6. The molecule has 1 heteroatoms. The Labute approximate surface area is 153 Å². The molecular weight excluding hydrogens is 386 g/mol. The van der Waals surface area contributed by atoms with Crippen LogP contribution in [0.1, 0.15) is 29.5 Å². The van der Waals surface area contributed by atoms with Crippen LogP contribution in [-0.2, 0) is 5.41 Å². The Hall–Kier alpha value is -1.52. The molecule has 23 heavy (non-hydrogen) atoms. The molecule has 3 aromatic carbocycles. The standard InChI is InChI=1S/C22H21.Sb.3H/c1-2-18-22(19-12-6-3-7-13-19,20-14-8-4-9-15-20)21-16-10-5-11-17-21;;;;/h3-17H,1-2,18H2;;;;/q;+1;;;. The molecule has 0 spiro atoms. The van der Waals surface area contributed by atoms with Crippen molar-refractivity contribution in [2.24, 2.45) is 0 Å². The van der Waals surface area contributed by atoms with E-state index in [1.165, 1.54) is 33.9 Å². The summed E-state index contributed by atoms with van der Waals surface area (Å²) in [6, 6.07) is 33.0. The van der Waals surface area contributed by atoms with Crippen LogP contribution in [-0.4, -0.2) is 23.0 Å². The molecule has 0 N–H and O–H groups in total.